The molecule has 1 aromatic rings. The third-order valence-corrected chi connectivity index (χ3v) is 3.46. The first kappa shape index (κ1) is 15.3. The Balaban J connectivity index is 1.77. The molecular formula is C15H20F3NO. The van der Waals surface area contributed by atoms with Crippen LogP contribution in [0.1, 0.15) is 36.9 Å². The summed E-state index contributed by atoms with van der Waals surface area (Å²) >= 11 is 0. The highest BCUT2D eigenvalue weighted by molar-refractivity contribution is 5.27. The van der Waals surface area contributed by atoms with E-state index >= 15 is 0 Å². The van der Waals surface area contributed by atoms with Crippen molar-refractivity contribution in [1.29, 1.82) is 0 Å². The number of hydrogen-bond donors (Lipinski definition) is 1. The lowest BCUT2D eigenvalue weighted by molar-refractivity contribution is -0.137. The fraction of sp³-hybridized carbons (Fsp3) is 0.600. The molecule has 2 nitrogen and oxygen atoms in total. The van der Waals surface area contributed by atoms with Crippen molar-refractivity contribution in [2.24, 2.45) is 5.92 Å². The number of benzene rings is 1. The predicted molar refractivity (Wildman–Crippen MR) is 71.4 cm³/mol. The van der Waals surface area contributed by atoms with Crippen molar-refractivity contribution in [3.63, 3.8) is 0 Å². The van der Waals surface area contributed by atoms with E-state index in [2.05, 4.69) is 5.32 Å². The van der Waals surface area contributed by atoms with E-state index in [-0.39, 0.29) is 6.04 Å². The zero-order chi connectivity index (χ0) is 14.6. The minimum absolute atomic E-state index is 0.123. The van der Waals surface area contributed by atoms with Crippen LogP contribution in [0.5, 0.6) is 0 Å². The number of hydrogen-bond acceptors (Lipinski definition) is 2. The molecule has 1 aromatic carbocycles. The Kier molecular flexibility index (Phi) is 5.05. The van der Waals surface area contributed by atoms with E-state index in [4.69, 9.17) is 4.74 Å². The van der Waals surface area contributed by atoms with Crippen LogP contribution in [0, 0.1) is 5.92 Å². The van der Waals surface area contributed by atoms with E-state index < -0.39 is 11.7 Å². The number of ether oxygens (including phenoxy) is 1. The standard InChI is InChI=1S/C15H20F3NO/c1-11(19-7-8-20-10-12-5-6-12)13-3-2-4-14(9-13)15(16,17)18/h2-4,9,11-12,19H,5-8,10H2,1H3. The van der Waals surface area contributed by atoms with Gasteiger partial charge >= 0.3 is 6.18 Å². The second kappa shape index (κ2) is 6.59. The summed E-state index contributed by atoms with van der Waals surface area (Å²) in [6, 6.07) is 5.32. The van der Waals surface area contributed by atoms with Crippen LogP contribution in [-0.4, -0.2) is 19.8 Å². The van der Waals surface area contributed by atoms with Crippen molar-refractivity contribution < 1.29 is 17.9 Å². The molecule has 1 aliphatic rings. The summed E-state index contributed by atoms with van der Waals surface area (Å²) in [5.74, 6) is 0.732. The SMILES string of the molecule is CC(NCCOCC1CC1)c1cccc(C(F)(F)F)c1. The van der Waals surface area contributed by atoms with Gasteiger partial charge in [0.1, 0.15) is 0 Å². The van der Waals surface area contributed by atoms with Crippen LogP contribution in [0.4, 0.5) is 13.2 Å². The average Bonchev–Trinajstić information content (AvgIpc) is 3.21. The van der Waals surface area contributed by atoms with Gasteiger partial charge in [-0.05, 0) is 43.4 Å². The van der Waals surface area contributed by atoms with Crippen molar-refractivity contribution in [2.45, 2.75) is 32.0 Å². The minimum Gasteiger partial charge on any atom is -0.380 e. The highest BCUT2D eigenvalue weighted by Gasteiger charge is 2.30. The number of halogens is 3. The molecule has 20 heavy (non-hydrogen) atoms. The van der Waals surface area contributed by atoms with Crippen LogP contribution < -0.4 is 5.32 Å². The molecule has 112 valence electrons. The van der Waals surface area contributed by atoms with Crippen LogP contribution in [-0.2, 0) is 10.9 Å². The molecule has 0 radical (unpaired) electrons. The Bertz CT molecular complexity index is 429. The van der Waals surface area contributed by atoms with Gasteiger partial charge in [0.25, 0.3) is 0 Å². The van der Waals surface area contributed by atoms with Gasteiger partial charge < -0.3 is 10.1 Å². The number of nitrogens with one attached hydrogen (secondary N) is 1. The maximum absolute atomic E-state index is 12.6. The van der Waals surface area contributed by atoms with Gasteiger partial charge in [-0.1, -0.05) is 12.1 Å². The number of rotatable bonds is 7. The topological polar surface area (TPSA) is 21.3 Å². The summed E-state index contributed by atoms with van der Waals surface area (Å²) in [6.07, 6.45) is -1.77. The molecular weight excluding hydrogens is 267 g/mol. The molecule has 2 rings (SSSR count). The molecule has 1 fully saturated rings. The van der Waals surface area contributed by atoms with Crippen molar-refractivity contribution in [1.82, 2.24) is 5.32 Å². The summed E-state index contributed by atoms with van der Waals surface area (Å²) in [6.45, 7) is 3.90. The van der Waals surface area contributed by atoms with Crippen LogP contribution in [0.15, 0.2) is 24.3 Å². The maximum Gasteiger partial charge on any atom is 0.416 e. The van der Waals surface area contributed by atoms with Crippen LogP contribution in [0.2, 0.25) is 0 Å². The molecule has 1 unspecified atom stereocenters. The molecule has 1 atom stereocenters. The third kappa shape index (κ3) is 4.80. The van der Waals surface area contributed by atoms with Gasteiger partial charge in [0.2, 0.25) is 0 Å². The number of alkyl halides is 3. The van der Waals surface area contributed by atoms with Crippen molar-refractivity contribution in [3.8, 4) is 0 Å². The molecule has 0 amide bonds. The fourth-order valence-electron chi connectivity index (χ4n) is 1.98. The first-order chi connectivity index (χ1) is 9.47. The van der Waals surface area contributed by atoms with Crippen LogP contribution in [0.25, 0.3) is 0 Å². The monoisotopic (exact) mass is 287 g/mol. The second-order valence-corrected chi connectivity index (χ2v) is 5.32. The molecule has 0 spiro atoms. The lowest BCUT2D eigenvalue weighted by Crippen LogP contribution is -2.24. The average molecular weight is 287 g/mol. The summed E-state index contributed by atoms with van der Waals surface area (Å²) in [5.41, 5.74) is 0.0376. The Morgan fingerprint density at radius 3 is 2.75 bits per heavy atom. The normalized spacial score (nSPS) is 17.2. The van der Waals surface area contributed by atoms with Gasteiger partial charge in [0, 0.05) is 19.2 Å². The summed E-state index contributed by atoms with van der Waals surface area (Å²) in [5, 5.41) is 3.18. The maximum atomic E-state index is 12.6. The van der Waals surface area contributed by atoms with Crippen molar-refractivity contribution >= 4 is 0 Å². The zero-order valence-corrected chi connectivity index (χ0v) is 11.5. The van der Waals surface area contributed by atoms with Crippen LogP contribution >= 0.6 is 0 Å². The van der Waals surface area contributed by atoms with E-state index in [0.717, 1.165) is 18.6 Å². The quantitative estimate of drug-likeness (QED) is 0.771. The molecule has 5 heteroatoms. The largest absolute Gasteiger partial charge is 0.416 e. The lowest BCUT2D eigenvalue weighted by Gasteiger charge is -2.16. The smallest absolute Gasteiger partial charge is 0.380 e. The zero-order valence-electron chi connectivity index (χ0n) is 11.5. The van der Waals surface area contributed by atoms with Crippen LogP contribution in [0.3, 0.4) is 0 Å². The van der Waals surface area contributed by atoms with Crippen molar-refractivity contribution in [2.75, 3.05) is 19.8 Å². The Morgan fingerprint density at radius 1 is 1.35 bits per heavy atom. The van der Waals surface area contributed by atoms with E-state index in [0.29, 0.717) is 18.7 Å². The van der Waals surface area contributed by atoms with Gasteiger partial charge in [-0.2, -0.15) is 13.2 Å². The molecule has 0 heterocycles. The van der Waals surface area contributed by atoms with Gasteiger partial charge in [0.15, 0.2) is 0 Å². The van der Waals surface area contributed by atoms with E-state index in [1.54, 1.807) is 6.07 Å². The molecule has 0 saturated heterocycles. The first-order valence-corrected chi connectivity index (χ1v) is 6.95. The second-order valence-electron chi connectivity index (χ2n) is 5.32. The molecule has 1 N–H and O–H groups in total. The van der Waals surface area contributed by atoms with Gasteiger partial charge in [-0.3, -0.25) is 0 Å². The summed E-state index contributed by atoms with van der Waals surface area (Å²) in [4.78, 5) is 0. The predicted octanol–water partition coefficient (Wildman–Crippen LogP) is 3.78. The van der Waals surface area contributed by atoms with Gasteiger partial charge in [-0.25, -0.2) is 0 Å². The molecule has 0 aliphatic heterocycles. The highest BCUT2D eigenvalue weighted by atomic mass is 19.4. The fourth-order valence-corrected chi connectivity index (χ4v) is 1.98. The molecule has 0 bridgehead atoms. The molecule has 0 aromatic heterocycles. The minimum atomic E-state index is -4.29. The Labute approximate surface area is 117 Å². The summed E-state index contributed by atoms with van der Waals surface area (Å²) in [7, 11) is 0. The third-order valence-electron chi connectivity index (χ3n) is 3.46. The Morgan fingerprint density at radius 2 is 2.10 bits per heavy atom. The first-order valence-electron chi connectivity index (χ1n) is 6.95. The molecule has 1 aliphatic carbocycles. The van der Waals surface area contributed by atoms with E-state index in [9.17, 15) is 13.2 Å². The molecule has 1 saturated carbocycles. The highest BCUT2D eigenvalue weighted by Crippen LogP contribution is 2.30. The van der Waals surface area contributed by atoms with Gasteiger partial charge in [0.05, 0.1) is 12.2 Å². The summed E-state index contributed by atoms with van der Waals surface area (Å²) < 4.78 is 43.4. The van der Waals surface area contributed by atoms with Gasteiger partial charge in [-0.15, -0.1) is 0 Å². The lowest BCUT2D eigenvalue weighted by atomic mass is 10.0. The Hall–Kier alpha value is -1.07. The van der Waals surface area contributed by atoms with E-state index in [1.165, 1.54) is 25.0 Å². The van der Waals surface area contributed by atoms with Crippen molar-refractivity contribution in [3.05, 3.63) is 35.4 Å². The van der Waals surface area contributed by atoms with E-state index in [1.807, 2.05) is 6.92 Å².